The quantitative estimate of drug-likeness (QED) is 0.458. The average Bonchev–Trinajstić information content (AvgIpc) is 3.60. The summed E-state index contributed by atoms with van der Waals surface area (Å²) in [6.45, 7) is 6.07. The summed E-state index contributed by atoms with van der Waals surface area (Å²) in [6.07, 6.45) is 5.76. The zero-order valence-electron chi connectivity index (χ0n) is 18.4. The Hall–Kier alpha value is -3.80. The largest absolute Gasteiger partial charge is 0.349 e. The molecule has 32 heavy (non-hydrogen) atoms. The molecule has 1 aliphatic carbocycles. The van der Waals surface area contributed by atoms with Gasteiger partial charge in [0.1, 0.15) is 0 Å². The molecule has 160 valence electrons. The summed E-state index contributed by atoms with van der Waals surface area (Å²) in [4.78, 5) is 26.0. The number of carbonyl (C=O) groups excluding carboxylic acids is 1. The van der Waals surface area contributed by atoms with Gasteiger partial charge in [0, 0.05) is 28.9 Å². The van der Waals surface area contributed by atoms with Crippen molar-refractivity contribution >= 4 is 28.4 Å². The lowest BCUT2D eigenvalue weighted by molar-refractivity contribution is 0.0951. The summed E-state index contributed by atoms with van der Waals surface area (Å²) >= 11 is 0. The van der Waals surface area contributed by atoms with Gasteiger partial charge in [-0.25, -0.2) is 9.97 Å². The molecule has 2 heterocycles. The Morgan fingerprint density at radius 3 is 2.53 bits per heavy atom. The molecule has 0 saturated heterocycles. The topological polar surface area (TPSA) is 79.8 Å². The minimum atomic E-state index is -0.00379. The molecule has 1 fully saturated rings. The van der Waals surface area contributed by atoms with Gasteiger partial charge in [-0.05, 0) is 92.3 Å². The molecule has 2 N–H and O–H groups in total. The van der Waals surface area contributed by atoms with Crippen LogP contribution in [0.5, 0.6) is 0 Å². The lowest BCUT2D eigenvalue weighted by atomic mass is 9.95. The Morgan fingerprint density at radius 1 is 0.938 bits per heavy atom. The molecule has 5 rings (SSSR count). The van der Waals surface area contributed by atoms with Crippen molar-refractivity contribution < 1.29 is 4.79 Å². The molecule has 2 aromatic heterocycles. The maximum absolute atomic E-state index is 12.5. The summed E-state index contributed by atoms with van der Waals surface area (Å²) < 4.78 is 0. The van der Waals surface area contributed by atoms with Gasteiger partial charge in [-0.3, -0.25) is 9.78 Å². The van der Waals surface area contributed by atoms with Gasteiger partial charge in [-0.1, -0.05) is 6.07 Å². The smallest absolute Gasteiger partial charge is 0.251 e. The maximum Gasteiger partial charge on any atom is 0.251 e. The molecule has 0 aliphatic heterocycles. The van der Waals surface area contributed by atoms with E-state index in [0.29, 0.717) is 17.6 Å². The van der Waals surface area contributed by atoms with Crippen molar-refractivity contribution in [1.29, 1.82) is 0 Å². The average molecular weight is 424 g/mol. The molecule has 1 amide bonds. The molecule has 0 bridgehead atoms. The van der Waals surface area contributed by atoms with Gasteiger partial charge >= 0.3 is 0 Å². The zero-order valence-corrected chi connectivity index (χ0v) is 18.4. The monoisotopic (exact) mass is 423 g/mol. The number of aryl methyl sites for hydroxylation is 3. The SMILES string of the molecule is Cc1ccc(Nc2ncc3cc(-c4cc(C(=O)NC5CC5)ccc4C)cc(C)c3n2)cn1. The van der Waals surface area contributed by atoms with Gasteiger partial charge in [0.15, 0.2) is 0 Å². The number of aromatic nitrogens is 3. The number of nitrogens with one attached hydrogen (secondary N) is 2. The molecule has 0 spiro atoms. The van der Waals surface area contributed by atoms with Crippen molar-refractivity contribution in [2.75, 3.05) is 5.32 Å². The molecule has 0 radical (unpaired) electrons. The molecule has 0 unspecified atom stereocenters. The van der Waals surface area contributed by atoms with Crippen LogP contribution in [0.1, 0.15) is 40.0 Å². The predicted molar refractivity (Wildman–Crippen MR) is 127 cm³/mol. The highest BCUT2D eigenvalue weighted by molar-refractivity contribution is 5.97. The van der Waals surface area contributed by atoms with Crippen LogP contribution in [0, 0.1) is 20.8 Å². The van der Waals surface area contributed by atoms with Crippen LogP contribution in [0.25, 0.3) is 22.0 Å². The molecule has 6 nitrogen and oxygen atoms in total. The van der Waals surface area contributed by atoms with Crippen molar-refractivity contribution in [3.05, 3.63) is 77.2 Å². The first-order chi connectivity index (χ1) is 15.5. The van der Waals surface area contributed by atoms with Crippen LogP contribution >= 0.6 is 0 Å². The van der Waals surface area contributed by atoms with Gasteiger partial charge in [0.25, 0.3) is 5.91 Å². The lowest BCUT2D eigenvalue weighted by Crippen LogP contribution is -2.25. The lowest BCUT2D eigenvalue weighted by Gasteiger charge is -2.13. The summed E-state index contributed by atoms with van der Waals surface area (Å²) in [5.74, 6) is 0.532. The van der Waals surface area contributed by atoms with E-state index in [0.717, 1.165) is 57.4 Å². The number of pyridine rings is 1. The highest BCUT2D eigenvalue weighted by atomic mass is 16.1. The number of amides is 1. The van der Waals surface area contributed by atoms with Crippen LogP contribution in [0.3, 0.4) is 0 Å². The van der Waals surface area contributed by atoms with E-state index in [4.69, 9.17) is 4.98 Å². The number of benzene rings is 2. The van der Waals surface area contributed by atoms with E-state index < -0.39 is 0 Å². The van der Waals surface area contributed by atoms with E-state index in [2.05, 4.69) is 46.6 Å². The molecular weight excluding hydrogens is 398 g/mol. The number of anilines is 2. The van der Waals surface area contributed by atoms with E-state index in [1.807, 2.05) is 43.5 Å². The number of hydrogen-bond acceptors (Lipinski definition) is 5. The van der Waals surface area contributed by atoms with Crippen LogP contribution in [0.4, 0.5) is 11.6 Å². The fourth-order valence-electron chi connectivity index (χ4n) is 3.78. The molecule has 2 aromatic carbocycles. The van der Waals surface area contributed by atoms with Gasteiger partial charge in [0.2, 0.25) is 5.95 Å². The summed E-state index contributed by atoms with van der Waals surface area (Å²) in [5.41, 5.74) is 7.68. The number of rotatable bonds is 5. The predicted octanol–water partition coefficient (Wildman–Crippen LogP) is 5.25. The van der Waals surface area contributed by atoms with E-state index in [1.54, 1.807) is 6.20 Å². The van der Waals surface area contributed by atoms with Crippen molar-refractivity contribution in [3.8, 4) is 11.1 Å². The Labute approximate surface area is 187 Å². The Balaban J connectivity index is 1.47. The number of hydrogen-bond donors (Lipinski definition) is 2. The second kappa shape index (κ2) is 8.04. The fraction of sp³-hybridized carbons (Fsp3) is 0.231. The summed E-state index contributed by atoms with van der Waals surface area (Å²) in [5, 5.41) is 7.24. The van der Waals surface area contributed by atoms with E-state index in [-0.39, 0.29) is 5.91 Å². The third-order valence-corrected chi connectivity index (χ3v) is 5.76. The zero-order chi connectivity index (χ0) is 22.2. The highest BCUT2D eigenvalue weighted by Crippen LogP contribution is 2.30. The van der Waals surface area contributed by atoms with E-state index in [9.17, 15) is 4.79 Å². The van der Waals surface area contributed by atoms with Crippen LogP contribution in [0.2, 0.25) is 0 Å². The first kappa shape index (κ1) is 20.1. The second-order valence-electron chi connectivity index (χ2n) is 8.52. The molecule has 4 aromatic rings. The number of nitrogens with zero attached hydrogens (tertiary/aromatic N) is 3. The summed E-state index contributed by atoms with van der Waals surface area (Å²) in [7, 11) is 0. The molecule has 1 saturated carbocycles. The molecule has 6 heteroatoms. The standard InChI is InChI=1S/C26H25N5O/c1-15-4-6-18(25(32)29-21-8-9-21)12-23(15)19-10-16(2)24-20(11-19)13-28-26(31-24)30-22-7-5-17(3)27-14-22/h4-7,10-14,21H,8-9H2,1-3H3,(H,29,32)(H,28,30,31). The minimum absolute atomic E-state index is 0.00379. The van der Waals surface area contributed by atoms with Crippen molar-refractivity contribution in [2.45, 2.75) is 39.7 Å². The number of carbonyl (C=O) groups is 1. The maximum atomic E-state index is 12.5. The first-order valence-electron chi connectivity index (χ1n) is 10.9. The molecular formula is C26H25N5O. The van der Waals surface area contributed by atoms with E-state index >= 15 is 0 Å². The van der Waals surface area contributed by atoms with Crippen LogP contribution in [-0.4, -0.2) is 26.9 Å². The van der Waals surface area contributed by atoms with Crippen molar-refractivity contribution in [3.63, 3.8) is 0 Å². The third kappa shape index (κ3) is 4.17. The third-order valence-electron chi connectivity index (χ3n) is 5.76. The van der Waals surface area contributed by atoms with Gasteiger partial charge < -0.3 is 10.6 Å². The van der Waals surface area contributed by atoms with Crippen LogP contribution in [0.15, 0.2) is 54.9 Å². The molecule has 0 atom stereocenters. The van der Waals surface area contributed by atoms with Crippen molar-refractivity contribution in [2.24, 2.45) is 0 Å². The Kier molecular flexibility index (Phi) is 5.05. The normalized spacial score (nSPS) is 13.2. The Morgan fingerprint density at radius 2 is 1.78 bits per heavy atom. The van der Waals surface area contributed by atoms with Gasteiger partial charge in [-0.2, -0.15) is 0 Å². The first-order valence-corrected chi connectivity index (χ1v) is 10.9. The number of fused-ring (bicyclic) bond motifs is 1. The minimum Gasteiger partial charge on any atom is -0.349 e. The van der Waals surface area contributed by atoms with Crippen LogP contribution in [-0.2, 0) is 0 Å². The summed E-state index contributed by atoms with van der Waals surface area (Å²) in [6, 6.07) is 14.3. The second-order valence-corrected chi connectivity index (χ2v) is 8.52. The van der Waals surface area contributed by atoms with Gasteiger partial charge in [-0.15, -0.1) is 0 Å². The van der Waals surface area contributed by atoms with Gasteiger partial charge in [0.05, 0.1) is 17.4 Å². The fourth-order valence-corrected chi connectivity index (χ4v) is 3.78. The van der Waals surface area contributed by atoms with Crippen LogP contribution < -0.4 is 10.6 Å². The van der Waals surface area contributed by atoms with Crippen molar-refractivity contribution in [1.82, 2.24) is 20.3 Å². The Bertz CT molecular complexity index is 1330. The van der Waals surface area contributed by atoms with E-state index in [1.165, 1.54) is 0 Å². The molecule has 1 aliphatic rings. The highest BCUT2D eigenvalue weighted by Gasteiger charge is 2.24.